The van der Waals surface area contributed by atoms with Gasteiger partial charge in [0.15, 0.2) is 11.0 Å². The smallest absolute Gasteiger partial charge is 0.245 e. The van der Waals surface area contributed by atoms with Gasteiger partial charge in [-0.3, -0.25) is 14.3 Å². The van der Waals surface area contributed by atoms with E-state index in [0.717, 1.165) is 17.0 Å². The van der Waals surface area contributed by atoms with Gasteiger partial charge in [0.1, 0.15) is 5.75 Å². The molecular formula is C17H18N2O4S. The minimum absolute atomic E-state index is 0.00641. The lowest BCUT2D eigenvalue weighted by Gasteiger charge is -2.25. The van der Waals surface area contributed by atoms with Crippen LogP contribution in [-0.4, -0.2) is 21.9 Å². The Morgan fingerprint density at radius 1 is 1.25 bits per heavy atom. The van der Waals surface area contributed by atoms with Crippen molar-refractivity contribution in [3.63, 3.8) is 0 Å². The minimum atomic E-state index is -1.41. The molecule has 0 fully saturated rings. The van der Waals surface area contributed by atoms with Crippen molar-refractivity contribution in [2.45, 2.75) is 24.3 Å². The quantitative estimate of drug-likeness (QED) is 0.644. The second-order valence-corrected chi connectivity index (χ2v) is 6.63. The Bertz CT molecular complexity index is 763. The minimum Gasteiger partial charge on any atom is -0.494 e. The number of carbonyl (C=O) groups is 1. The van der Waals surface area contributed by atoms with Gasteiger partial charge < -0.3 is 4.74 Å². The van der Waals surface area contributed by atoms with Crippen molar-refractivity contribution in [1.82, 2.24) is 5.48 Å². The number of hydroxylamine groups is 1. The standard InChI is InChI=1S/C17H18N2O4S/c1-2-23-13-9-7-12(8-10-13)19-15(11-17(20)18-21)14-5-3-4-6-16(14)24(19)22/h3-10,15,21H,2,11H2,1H3,(H,18,20). The van der Waals surface area contributed by atoms with Crippen molar-refractivity contribution >= 4 is 22.6 Å². The fourth-order valence-corrected chi connectivity index (χ4v) is 4.35. The zero-order valence-corrected chi connectivity index (χ0v) is 14.0. The lowest BCUT2D eigenvalue weighted by Crippen LogP contribution is -2.29. The maximum Gasteiger partial charge on any atom is 0.245 e. The predicted molar refractivity (Wildman–Crippen MR) is 90.2 cm³/mol. The van der Waals surface area contributed by atoms with Gasteiger partial charge in [-0.2, -0.15) is 0 Å². The van der Waals surface area contributed by atoms with Gasteiger partial charge >= 0.3 is 0 Å². The predicted octanol–water partition coefficient (Wildman–Crippen LogP) is 2.56. The Balaban J connectivity index is 1.98. The largest absolute Gasteiger partial charge is 0.494 e. The number of fused-ring (bicyclic) bond motifs is 1. The molecule has 1 heterocycles. The first-order chi connectivity index (χ1) is 11.7. The second-order valence-electron chi connectivity index (χ2n) is 5.29. The Morgan fingerprint density at radius 3 is 2.62 bits per heavy atom. The summed E-state index contributed by atoms with van der Waals surface area (Å²) in [7, 11) is -1.41. The fourth-order valence-electron chi connectivity index (χ4n) is 2.81. The van der Waals surface area contributed by atoms with Gasteiger partial charge in [-0.25, -0.2) is 9.69 Å². The highest BCUT2D eigenvalue weighted by atomic mass is 32.2. The molecule has 3 rings (SSSR count). The SMILES string of the molecule is CCOc1ccc(N2C(CC(=O)NO)c3ccccc3S2=O)cc1. The third kappa shape index (κ3) is 3.00. The summed E-state index contributed by atoms with van der Waals surface area (Å²) in [6.07, 6.45) is 0.00641. The van der Waals surface area contributed by atoms with Crippen molar-refractivity contribution in [1.29, 1.82) is 0 Å². The van der Waals surface area contributed by atoms with Gasteiger partial charge in [-0.15, -0.1) is 0 Å². The van der Waals surface area contributed by atoms with E-state index in [1.54, 1.807) is 15.9 Å². The molecular weight excluding hydrogens is 328 g/mol. The average molecular weight is 346 g/mol. The highest BCUT2D eigenvalue weighted by Gasteiger charge is 2.37. The molecule has 7 heteroatoms. The highest BCUT2D eigenvalue weighted by molar-refractivity contribution is 7.87. The summed E-state index contributed by atoms with van der Waals surface area (Å²) < 4.78 is 20.0. The maximum atomic E-state index is 12.9. The molecule has 0 aliphatic carbocycles. The number of benzene rings is 2. The molecule has 126 valence electrons. The molecule has 0 radical (unpaired) electrons. The van der Waals surface area contributed by atoms with E-state index in [4.69, 9.17) is 9.94 Å². The van der Waals surface area contributed by atoms with Crippen LogP contribution in [0.15, 0.2) is 53.4 Å². The monoisotopic (exact) mass is 346 g/mol. The first-order valence-electron chi connectivity index (χ1n) is 7.61. The molecule has 0 saturated carbocycles. The summed E-state index contributed by atoms with van der Waals surface area (Å²) >= 11 is 0. The van der Waals surface area contributed by atoms with Gasteiger partial charge in [0.05, 0.1) is 29.7 Å². The number of rotatable bonds is 5. The first kappa shape index (κ1) is 16.5. The number of anilines is 1. The zero-order chi connectivity index (χ0) is 17.1. The molecule has 2 atom stereocenters. The van der Waals surface area contributed by atoms with Gasteiger partial charge in [-0.1, -0.05) is 18.2 Å². The summed E-state index contributed by atoms with van der Waals surface area (Å²) in [5.74, 6) is 0.207. The van der Waals surface area contributed by atoms with Crippen LogP contribution in [-0.2, 0) is 15.8 Å². The molecule has 0 saturated heterocycles. The molecule has 0 spiro atoms. The number of carbonyl (C=O) groups excluding carboxylic acids is 1. The van der Waals surface area contributed by atoms with Gasteiger partial charge in [0.25, 0.3) is 0 Å². The van der Waals surface area contributed by atoms with Gasteiger partial charge in [0, 0.05) is 0 Å². The third-order valence-electron chi connectivity index (χ3n) is 3.83. The first-order valence-corrected chi connectivity index (χ1v) is 8.72. The zero-order valence-electron chi connectivity index (χ0n) is 13.1. The van der Waals surface area contributed by atoms with Crippen LogP contribution in [0.2, 0.25) is 0 Å². The highest BCUT2D eigenvalue weighted by Crippen LogP contribution is 2.42. The Morgan fingerprint density at radius 2 is 1.96 bits per heavy atom. The molecule has 6 nitrogen and oxygen atoms in total. The maximum absolute atomic E-state index is 12.9. The number of nitrogens with zero attached hydrogens (tertiary/aromatic N) is 1. The summed E-state index contributed by atoms with van der Waals surface area (Å²) in [6, 6.07) is 14.2. The Hall–Kier alpha value is -2.38. The van der Waals surface area contributed by atoms with Crippen molar-refractivity contribution in [3.8, 4) is 5.75 Å². The van der Waals surface area contributed by atoms with Crippen molar-refractivity contribution < 1.29 is 18.9 Å². The van der Waals surface area contributed by atoms with Crippen LogP contribution >= 0.6 is 0 Å². The van der Waals surface area contributed by atoms with Crippen molar-refractivity contribution in [2.24, 2.45) is 0 Å². The number of hydrogen-bond donors (Lipinski definition) is 2. The van der Waals surface area contributed by atoms with Gasteiger partial charge in [-0.05, 0) is 42.8 Å². The van der Waals surface area contributed by atoms with E-state index in [2.05, 4.69) is 0 Å². The molecule has 0 bridgehead atoms. The van der Waals surface area contributed by atoms with Crippen LogP contribution in [0.25, 0.3) is 0 Å². The lowest BCUT2D eigenvalue weighted by molar-refractivity contribution is -0.129. The topological polar surface area (TPSA) is 78.9 Å². The molecule has 0 aromatic heterocycles. The normalized spacial score (nSPS) is 19.0. The van der Waals surface area contributed by atoms with E-state index in [0.29, 0.717) is 11.5 Å². The van der Waals surface area contributed by atoms with Crippen LogP contribution in [0.3, 0.4) is 0 Å². The molecule has 2 aromatic rings. The molecule has 1 aliphatic rings. The summed E-state index contributed by atoms with van der Waals surface area (Å²) in [5.41, 5.74) is 3.20. The summed E-state index contributed by atoms with van der Waals surface area (Å²) in [5, 5.41) is 8.85. The molecule has 2 aromatic carbocycles. The molecule has 1 amide bonds. The molecule has 24 heavy (non-hydrogen) atoms. The molecule has 2 unspecified atom stereocenters. The van der Waals surface area contributed by atoms with Crippen LogP contribution < -0.4 is 14.5 Å². The van der Waals surface area contributed by atoms with Crippen molar-refractivity contribution in [3.05, 3.63) is 54.1 Å². The van der Waals surface area contributed by atoms with Crippen LogP contribution in [0, 0.1) is 0 Å². The summed E-state index contributed by atoms with van der Waals surface area (Å²) in [4.78, 5) is 12.4. The second kappa shape index (κ2) is 7.02. The average Bonchev–Trinajstić information content (AvgIpc) is 2.88. The fraction of sp³-hybridized carbons (Fsp3) is 0.235. The van der Waals surface area contributed by atoms with E-state index >= 15 is 0 Å². The van der Waals surface area contributed by atoms with Crippen molar-refractivity contribution in [2.75, 3.05) is 10.9 Å². The van der Waals surface area contributed by atoms with E-state index in [1.165, 1.54) is 0 Å². The molecule has 1 aliphatic heterocycles. The number of amides is 1. The number of ether oxygens (including phenoxy) is 1. The third-order valence-corrected chi connectivity index (χ3v) is 5.40. The van der Waals surface area contributed by atoms with E-state index < -0.39 is 22.9 Å². The van der Waals surface area contributed by atoms with Crippen LogP contribution in [0.4, 0.5) is 5.69 Å². The van der Waals surface area contributed by atoms with Crippen LogP contribution in [0.5, 0.6) is 5.75 Å². The Kier molecular flexibility index (Phi) is 4.82. The Labute approximate surface area is 142 Å². The van der Waals surface area contributed by atoms with E-state index in [9.17, 15) is 9.00 Å². The number of nitrogens with one attached hydrogen (secondary N) is 1. The summed E-state index contributed by atoms with van der Waals surface area (Å²) in [6.45, 7) is 2.48. The van der Waals surface area contributed by atoms with E-state index in [1.807, 2.05) is 49.4 Å². The van der Waals surface area contributed by atoms with E-state index in [-0.39, 0.29) is 6.42 Å². The number of hydrogen-bond acceptors (Lipinski definition) is 4. The lowest BCUT2D eigenvalue weighted by atomic mass is 10.0. The molecule has 2 N–H and O–H groups in total. The van der Waals surface area contributed by atoms with Gasteiger partial charge in [0.2, 0.25) is 5.91 Å². The van der Waals surface area contributed by atoms with Crippen LogP contribution in [0.1, 0.15) is 24.9 Å².